The number of hydrogen-bond donors (Lipinski definition) is 2. The number of likely N-dealkylation sites (tertiary alicyclic amines) is 1. The smallest absolute Gasteiger partial charge is 0.251 e. The van der Waals surface area contributed by atoms with E-state index in [1.54, 1.807) is 12.1 Å². The zero-order valence-corrected chi connectivity index (χ0v) is 15.8. The van der Waals surface area contributed by atoms with Crippen LogP contribution in [0.3, 0.4) is 0 Å². The van der Waals surface area contributed by atoms with Crippen LogP contribution in [0.2, 0.25) is 0 Å². The number of hydrogen-bond acceptors (Lipinski definition) is 3. The Kier molecular flexibility index (Phi) is 6.22. The second kappa shape index (κ2) is 8.00. The van der Waals surface area contributed by atoms with E-state index in [0.717, 1.165) is 12.8 Å². The number of nitrogens with one attached hydrogen (secondary N) is 1. The van der Waals surface area contributed by atoms with Crippen molar-refractivity contribution in [3.63, 3.8) is 0 Å². The van der Waals surface area contributed by atoms with E-state index in [-0.39, 0.29) is 29.2 Å². The van der Waals surface area contributed by atoms with E-state index < -0.39 is 6.04 Å². The number of carbonyl (C=O) groups is 2. The fourth-order valence-corrected chi connectivity index (χ4v) is 3.26. The largest absolute Gasteiger partial charge is 0.340 e. The molecular formula is C20H31N3O2. The first-order chi connectivity index (χ1) is 11.8. The predicted octanol–water partition coefficient (Wildman–Crippen LogP) is 2.42. The Balaban J connectivity index is 2.14. The zero-order valence-electron chi connectivity index (χ0n) is 15.8. The molecule has 1 heterocycles. The third kappa shape index (κ3) is 4.60. The van der Waals surface area contributed by atoms with Crippen molar-refractivity contribution in [2.75, 3.05) is 13.1 Å². The second-order valence-electron chi connectivity index (χ2n) is 7.85. The summed E-state index contributed by atoms with van der Waals surface area (Å²) in [4.78, 5) is 27.5. The number of nitrogens with two attached hydrogens (primary N) is 1. The van der Waals surface area contributed by atoms with E-state index >= 15 is 0 Å². The third-order valence-corrected chi connectivity index (χ3v) is 5.43. The average molecular weight is 345 g/mol. The Morgan fingerprint density at radius 2 is 1.96 bits per heavy atom. The van der Waals surface area contributed by atoms with Crippen molar-refractivity contribution in [3.05, 3.63) is 35.9 Å². The molecule has 2 rings (SSSR count). The first kappa shape index (κ1) is 19.4. The van der Waals surface area contributed by atoms with Gasteiger partial charge in [-0.1, -0.05) is 52.3 Å². The minimum absolute atomic E-state index is 0.00129. The molecule has 1 aliphatic rings. The van der Waals surface area contributed by atoms with Crippen molar-refractivity contribution in [1.82, 2.24) is 10.2 Å². The molecule has 5 nitrogen and oxygen atoms in total. The highest BCUT2D eigenvalue weighted by Crippen LogP contribution is 2.28. The lowest BCUT2D eigenvalue weighted by molar-refractivity contribution is -0.138. The van der Waals surface area contributed by atoms with Gasteiger partial charge in [-0.2, -0.15) is 0 Å². The molecule has 2 amide bonds. The molecular weight excluding hydrogens is 314 g/mol. The molecule has 3 atom stereocenters. The highest BCUT2D eigenvalue weighted by Gasteiger charge is 2.38. The molecule has 138 valence electrons. The molecule has 3 unspecified atom stereocenters. The normalized spacial score (nSPS) is 22.1. The Morgan fingerprint density at radius 1 is 1.32 bits per heavy atom. The first-order valence-corrected chi connectivity index (χ1v) is 9.16. The lowest BCUT2D eigenvalue weighted by Crippen LogP contribution is -2.59. The van der Waals surface area contributed by atoms with Gasteiger partial charge >= 0.3 is 0 Å². The number of nitrogens with zero attached hydrogens (tertiary/aromatic N) is 1. The number of benzene rings is 1. The summed E-state index contributed by atoms with van der Waals surface area (Å²) >= 11 is 0. The van der Waals surface area contributed by atoms with Gasteiger partial charge in [-0.3, -0.25) is 9.59 Å². The van der Waals surface area contributed by atoms with Crippen molar-refractivity contribution < 1.29 is 9.59 Å². The number of carbonyl (C=O) groups excluding carboxylic acids is 2. The number of rotatable bonds is 5. The molecule has 0 spiro atoms. The summed E-state index contributed by atoms with van der Waals surface area (Å²) in [6.07, 6.45) is 1.61. The van der Waals surface area contributed by atoms with Gasteiger partial charge in [-0.05, 0) is 29.9 Å². The number of piperidine rings is 1. The minimum atomic E-state index is -0.511. The van der Waals surface area contributed by atoms with Gasteiger partial charge in [0.2, 0.25) is 5.91 Å². The maximum Gasteiger partial charge on any atom is 0.251 e. The van der Waals surface area contributed by atoms with Gasteiger partial charge in [-0.15, -0.1) is 0 Å². The standard InChI is InChI=1S/C20H31N3O2/c1-5-14(2)17(22-18(24)15-9-7-6-8-10-15)19(25)23-12-11-16(21)20(3,4)13-23/h6-10,14,16-17H,5,11-13,21H2,1-4H3,(H,22,24). The molecule has 1 aromatic carbocycles. The Labute approximate surface area is 151 Å². The summed E-state index contributed by atoms with van der Waals surface area (Å²) in [6.45, 7) is 9.51. The summed E-state index contributed by atoms with van der Waals surface area (Å²) < 4.78 is 0. The van der Waals surface area contributed by atoms with E-state index in [1.165, 1.54) is 0 Å². The average Bonchev–Trinajstić information content (AvgIpc) is 2.61. The summed E-state index contributed by atoms with van der Waals surface area (Å²) in [5.41, 5.74) is 6.65. The van der Waals surface area contributed by atoms with Gasteiger partial charge in [-0.25, -0.2) is 0 Å². The van der Waals surface area contributed by atoms with Crippen LogP contribution >= 0.6 is 0 Å². The lowest BCUT2D eigenvalue weighted by atomic mass is 9.79. The molecule has 25 heavy (non-hydrogen) atoms. The molecule has 1 aromatic rings. The Hall–Kier alpha value is -1.88. The van der Waals surface area contributed by atoms with Crippen molar-refractivity contribution in [2.45, 2.75) is 52.6 Å². The van der Waals surface area contributed by atoms with E-state index in [0.29, 0.717) is 18.7 Å². The van der Waals surface area contributed by atoms with Crippen LogP contribution < -0.4 is 11.1 Å². The van der Waals surface area contributed by atoms with E-state index in [1.807, 2.05) is 36.9 Å². The van der Waals surface area contributed by atoms with Crippen LogP contribution in [-0.4, -0.2) is 41.9 Å². The highest BCUT2D eigenvalue weighted by molar-refractivity contribution is 5.97. The van der Waals surface area contributed by atoms with Gasteiger partial charge in [0.25, 0.3) is 5.91 Å². The van der Waals surface area contributed by atoms with Crippen LogP contribution in [-0.2, 0) is 4.79 Å². The predicted molar refractivity (Wildman–Crippen MR) is 100 cm³/mol. The molecule has 1 fully saturated rings. The quantitative estimate of drug-likeness (QED) is 0.860. The van der Waals surface area contributed by atoms with Crippen LogP contribution in [0.4, 0.5) is 0 Å². The maximum absolute atomic E-state index is 13.1. The fraction of sp³-hybridized carbons (Fsp3) is 0.600. The Bertz CT molecular complexity index is 600. The summed E-state index contributed by atoms with van der Waals surface area (Å²) in [7, 11) is 0. The van der Waals surface area contributed by atoms with E-state index in [9.17, 15) is 9.59 Å². The van der Waals surface area contributed by atoms with Gasteiger partial charge in [0.05, 0.1) is 0 Å². The molecule has 0 radical (unpaired) electrons. The van der Waals surface area contributed by atoms with Gasteiger partial charge in [0, 0.05) is 24.7 Å². The molecule has 0 bridgehead atoms. The van der Waals surface area contributed by atoms with Crippen molar-refractivity contribution >= 4 is 11.8 Å². The van der Waals surface area contributed by atoms with Gasteiger partial charge in [0.15, 0.2) is 0 Å². The molecule has 1 saturated heterocycles. The van der Waals surface area contributed by atoms with E-state index in [2.05, 4.69) is 19.2 Å². The van der Waals surface area contributed by atoms with Gasteiger partial charge < -0.3 is 16.0 Å². The minimum Gasteiger partial charge on any atom is -0.340 e. The Morgan fingerprint density at radius 3 is 2.52 bits per heavy atom. The van der Waals surface area contributed by atoms with Crippen LogP contribution in [0.15, 0.2) is 30.3 Å². The van der Waals surface area contributed by atoms with E-state index in [4.69, 9.17) is 5.73 Å². The fourth-order valence-electron chi connectivity index (χ4n) is 3.26. The highest BCUT2D eigenvalue weighted by atomic mass is 16.2. The summed E-state index contributed by atoms with van der Waals surface area (Å²) in [6, 6.07) is 8.62. The van der Waals surface area contributed by atoms with Crippen molar-refractivity contribution in [2.24, 2.45) is 17.1 Å². The number of amides is 2. The van der Waals surface area contributed by atoms with Crippen molar-refractivity contribution in [3.8, 4) is 0 Å². The van der Waals surface area contributed by atoms with Crippen LogP contribution in [0, 0.1) is 11.3 Å². The zero-order chi connectivity index (χ0) is 18.6. The molecule has 0 aromatic heterocycles. The van der Waals surface area contributed by atoms with Crippen LogP contribution in [0.25, 0.3) is 0 Å². The monoisotopic (exact) mass is 345 g/mol. The van der Waals surface area contributed by atoms with Crippen LogP contribution in [0.1, 0.15) is 50.9 Å². The maximum atomic E-state index is 13.1. The first-order valence-electron chi connectivity index (χ1n) is 9.16. The summed E-state index contributed by atoms with van der Waals surface area (Å²) in [5, 5.41) is 2.96. The van der Waals surface area contributed by atoms with Gasteiger partial charge in [0.1, 0.15) is 6.04 Å². The third-order valence-electron chi connectivity index (χ3n) is 5.43. The van der Waals surface area contributed by atoms with Crippen LogP contribution in [0.5, 0.6) is 0 Å². The molecule has 0 saturated carbocycles. The molecule has 5 heteroatoms. The topological polar surface area (TPSA) is 75.4 Å². The molecule has 1 aliphatic heterocycles. The molecule has 3 N–H and O–H groups in total. The second-order valence-corrected chi connectivity index (χ2v) is 7.85. The lowest BCUT2D eigenvalue weighted by Gasteiger charge is -2.44. The van der Waals surface area contributed by atoms with Crippen molar-refractivity contribution in [1.29, 1.82) is 0 Å². The summed E-state index contributed by atoms with van der Waals surface area (Å²) in [5.74, 6) is -0.135. The SMILES string of the molecule is CCC(C)C(NC(=O)c1ccccc1)C(=O)N1CCC(N)C(C)(C)C1. The molecule has 0 aliphatic carbocycles.